The molecule has 1 aliphatic rings. The lowest BCUT2D eigenvalue weighted by molar-refractivity contribution is -0.142. The number of nitrogens with one attached hydrogen (secondary N) is 2. The number of aliphatic hydroxyl groups excluding tert-OH is 1. The first-order valence-corrected chi connectivity index (χ1v) is 8.22. The van der Waals surface area contributed by atoms with Crippen LogP contribution in [-0.2, 0) is 24.0 Å². The molecule has 7 N–H and O–H groups in total. The van der Waals surface area contributed by atoms with Crippen LogP contribution in [0.15, 0.2) is 0 Å². The van der Waals surface area contributed by atoms with E-state index in [1.165, 1.54) is 11.8 Å². The molecule has 4 atom stereocenters. The molecular formula is C15H25N5O6. The average Bonchev–Trinajstić information content (AvgIpc) is 3.08. The SMILES string of the molecule is C[C@@H](C=O)NC(=O)[C@@H]1CCCN1C(=O)[C@H](CC(N)=O)NC(=O)C(N)CO. The minimum atomic E-state index is -1.30. The summed E-state index contributed by atoms with van der Waals surface area (Å²) in [5.74, 6) is -2.79. The number of likely N-dealkylation sites (tertiary alicyclic amines) is 1. The molecule has 0 bridgehead atoms. The molecule has 146 valence electrons. The zero-order valence-corrected chi connectivity index (χ0v) is 14.5. The summed E-state index contributed by atoms with van der Waals surface area (Å²) in [5.41, 5.74) is 10.5. The zero-order chi connectivity index (χ0) is 19.9. The maximum Gasteiger partial charge on any atom is 0.246 e. The molecule has 0 aromatic rings. The number of aliphatic hydroxyl groups is 1. The van der Waals surface area contributed by atoms with Gasteiger partial charge in [0.25, 0.3) is 0 Å². The number of hydrogen-bond acceptors (Lipinski definition) is 7. The monoisotopic (exact) mass is 371 g/mol. The van der Waals surface area contributed by atoms with Gasteiger partial charge in [0, 0.05) is 6.54 Å². The number of nitrogens with two attached hydrogens (primary N) is 2. The largest absolute Gasteiger partial charge is 0.394 e. The Morgan fingerprint density at radius 2 is 1.96 bits per heavy atom. The van der Waals surface area contributed by atoms with Gasteiger partial charge in [-0.25, -0.2) is 0 Å². The summed E-state index contributed by atoms with van der Waals surface area (Å²) in [5, 5.41) is 13.7. The molecule has 0 radical (unpaired) electrons. The van der Waals surface area contributed by atoms with E-state index in [0.29, 0.717) is 19.1 Å². The van der Waals surface area contributed by atoms with Crippen LogP contribution in [0.5, 0.6) is 0 Å². The van der Waals surface area contributed by atoms with Crippen molar-refractivity contribution in [2.24, 2.45) is 11.5 Å². The van der Waals surface area contributed by atoms with Gasteiger partial charge in [-0.2, -0.15) is 0 Å². The van der Waals surface area contributed by atoms with Crippen molar-refractivity contribution in [1.82, 2.24) is 15.5 Å². The molecule has 4 amide bonds. The Labute approximate surface area is 150 Å². The number of carbonyl (C=O) groups excluding carboxylic acids is 5. The first-order valence-electron chi connectivity index (χ1n) is 8.22. The maximum atomic E-state index is 12.7. The van der Waals surface area contributed by atoms with Crippen molar-refractivity contribution in [2.75, 3.05) is 13.2 Å². The molecule has 1 saturated heterocycles. The highest BCUT2D eigenvalue weighted by Gasteiger charge is 2.38. The van der Waals surface area contributed by atoms with Gasteiger partial charge in [-0.1, -0.05) is 0 Å². The predicted molar refractivity (Wildman–Crippen MR) is 89.2 cm³/mol. The van der Waals surface area contributed by atoms with E-state index in [0.717, 1.165) is 0 Å². The Kier molecular flexibility index (Phi) is 8.13. The van der Waals surface area contributed by atoms with E-state index in [4.69, 9.17) is 16.6 Å². The number of primary amides is 1. The normalized spacial score (nSPS) is 20.0. The van der Waals surface area contributed by atoms with Gasteiger partial charge in [0.05, 0.1) is 19.1 Å². The molecule has 1 rings (SSSR count). The van der Waals surface area contributed by atoms with Crippen LogP contribution in [-0.4, -0.2) is 77.2 Å². The standard InChI is InChI=1S/C15H25N5O6/c1-8(6-21)18-14(25)11-3-2-4-20(11)15(26)10(5-12(17)23)19-13(24)9(16)7-22/h6,8-11,22H,2-5,7,16H2,1H3,(H2,17,23)(H,18,25)(H,19,24)/t8-,9?,10-,11-/m0/s1. The van der Waals surface area contributed by atoms with E-state index < -0.39 is 60.8 Å². The summed E-state index contributed by atoms with van der Waals surface area (Å²) in [4.78, 5) is 60.0. The van der Waals surface area contributed by atoms with Crippen molar-refractivity contribution >= 4 is 29.9 Å². The molecule has 1 unspecified atom stereocenters. The molecule has 11 nitrogen and oxygen atoms in total. The van der Waals surface area contributed by atoms with E-state index in [1.807, 2.05) is 0 Å². The third-order valence-corrected chi connectivity index (χ3v) is 3.97. The lowest BCUT2D eigenvalue weighted by Gasteiger charge is -2.29. The van der Waals surface area contributed by atoms with E-state index in [1.54, 1.807) is 0 Å². The molecule has 0 saturated carbocycles. The first kappa shape index (κ1) is 21.5. The molecule has 1 aliphatic heterocycles. The second kappa shape index (κ2) is 9.82. The number of carbonyl (C=O) groups is 5. The molecule has 26 heavy (non-hydrogen) atoms. The summed E-state index contributed by atoms with van der Waals surface area (Å²) < 4.78 is 0. The van der Waals surface area contributed by atoms with Crippen LogP contribution in [0.3, 0.4) is 0 Å². The third-order valence-electron chi connectivity index (χ3n) is 3.97. The van der Waals surface area contributed by atoms with Gasteiger partial charge < -0.3 is 36.9 Å². The minimum absolute atomic E-state index is 0.254. The van der Waals surface area contributed by atoms with Gasteiger partial charge >= 0.3 is 0 Å². The number of rotatable bonds is 9. The van der Waals surface area contributed by atoms with Crippen molar-refractivity contribution in [3.63, 3.8) is 0 Å². The number of nitrogens with zero attached hydrogens (tertiary/aromatic N) is 1. The molecular weight excluding hydrogens is 346 g/mol. The van der Waals surface area contributed by atoms with Crippen LogP contribution in [0, 0.1) is 0 Å². The van der Waals surface area contributed by atoms with Crippen molar-refractivity contribution in [2.45, 2.75) is 50.4 Å². The highest BCUT2D eigenvalue weighted by molar-refractivity contribution is 5.96. The smallest absolute Gasteiger partial charge is 0.246 e. The number of hydrogen-bond donors (Lipinski definition) is 5. The van der Waals surface area contributed by atoms with Crippen molar-refractivity contribution in [3.05, 3.63) is 0 Å². The second-order valence-electron chi connectivity index (χ2n) is 6.14. The van der Waals surface area contributed by atoms with Gasteiger partial charge in [-0.05, 0) is 19.8 Å². The summed E-state index contributed by atoms with van der Waals surface area (Å²) in [6.45, 7) is 1.11. The van der Waals surface area contributed by atoms with Gasteiger partial charge in [0.2, 0.25) is 23.6 Å². The summed E-state index contributed by atoms with van der Waals surface area (Å²) in [7, 11) is 0. The van der Waals surface area contributed by atoms with Gasteiger partial charge in [0.1, 0.15) is 24.4 Å². The summed E-state index contributed by atoms with van der Waals surface area (Å²) in [6.07, 6.45) is 1.02. The van der Waals surface area contributed by atoms with Crippen LogP contribution >= 0.6 is 0 Å². The number of amides is 4. The van der Waals surface area contributed by atoms with Crippen LogP contribution in [0.2, 0.25) is 0 Å². The zero-order valence-electron chi connectivity index (χ0n) is 14.5. The summed E-state index contributed by atoms with van der Waals surface area (Å²) in [6, 6.07) is -4.08. The lowest BCUT2D eigenvalue weighted by atomic mass is 10.1. The topological polar surface area (TPSA) is 185 Å². The lowest BCUT2D eigenvalue weighted by Crippen LogP contribution is -2.57. The van der Waals surface area contributed by atoms with Crippen LogP contribution in [0.25, 0.3) is 0 Å². The Hall–Kier alpha value is -2.53. The molecule has 0 aliphatic carbocycles. The van der Waals surface area contributed by atoms with E-state index in [2.05, 4.69) is 10.6 Å². The van der Waals surface area contributed by atoms with Gasteiger partial charge in [0.15, 0.2) is 0 Å². The molecule has 11 heteroatoms. The first-order chi connectivity index (χ1) is 12.2. The van der Waals surface area contributed by atoms with E-state index >= 15 is 0 Å². The highest BCUT2D eigenvalue weighted by atomic mass is 16.3. The predicted octanol–water partition coefficient (Wildman–Crippen LogP) is -3.64. The Morgan fingerprint density at radius 1 is 1.31 bits per heavy atom. The summed E-state index contributed by atoms with van der Waals surface area (Å²) >= 11 is 0. The van der Waals surface area contributed by atoms with Crippen LogP contribution in [0.1, 0.15) is 26.2 Å². The van der Waals surface area contributed by atoms with Crippen molar-refractivity contribution in [1.29, 1.82) is 0 Å². The fraction of sp³-hybridized carbons (Fsp3) is 0.667. The average molecular weight is 371 g/mol. The van der Waals surface area contributed by atoms with Gasteiger partial charge in [-0.15, -0.1) is 0 Å². The Morgan fingerprint density at radius 3 is 2.50 bits per heavy atom. The quantitative estimate of drug-likeness (QED) is 0.259. The maximum absolute atomic E-state index is 12.7. The van der Waals surface area contributed by atoms with Crippen molar-refractivity contribution in [3.8, 4) is 0 Å². The fourth-order valence-electron chi connectivity index (χ4n) is 2.62. The Bertz CT molecular complexity index is 569. The van der Waals surface area contributed by atoms with Crippen molar-refractivity contribution < 1.29 is 29.1 Å². The fourth-order valence-corrected chi connectivity index (χ4v) is 2.62. The highest BCUT2D eigenvalue weighted by Crippen LogP contribution is 2.19. The Balaban J connectivity index is 2.90. The molecule has 0 aromatic carbocycles. The van der Waals surface area contributed by atoms with Crippen LogP contribution < -0.4 is 22.1 Å². The van der Waals surface area contributed by atoms with E-state index in [9.17, 15) is 24.0 Å². The molecule has 0 spiro atoms. The second-order valence-corrected chi connectivity index (χ2v) is 6.14. The molecule has 1 fully saturated rings. The van der Waals surface area contributed by atoms with E-state index in [-0.39, 0.29) is 6.54 Å². The minimum Gasteiger partial charge on any atom is -0.394 e. The third kappa shape index (κ3) is 5.77. The number of aldehydes is 1. The molecule has 0 aromatic heterocycles. The van der Waals surface area contributed by atoms with Gasteiger partial charge in [-0.3, -0.25) is 19.2 Å². The van der Waals surface area contributed by atoms with Crippen LogP contribution in [0.4, 0.5) is 0 Å². The molecule has 1 heterocycles.